The number of fused-ring (bicyclic) bond motifs is 1. The molecule has 0 saturated carbocycles. The van der Waals surface area contributed by atoms with Crippen molar-refractivity contribution < 1.29 is 4.74 Å². The van der Waals surface area contributed by atoms with E-state index in [-0.39, 0.29) is 5.54 Å². The van der Waals surface area contributed by atoms with Gasteiger partial charge in [-0.05, 0) is 30.9 Å². The molecule has 20 heavy (non-hydrogen) atoms. The summed E-state index contributed by atoms with van der Waals surface area (Å²) in [4.78, 5) is 4.74. The number of aromatic nitrogens is 1. The van der Waals surface area contributed by atoms with Crippen LogP contribution in [0, 0.1) is 6.92 Å². The van der Waals surface area contributed by atoms with Crippen molar-refractivity contribution in [3.05, 3.63) is 51.5 Å². The topological polar surface area (TPSA) is 34.1 Å². The van der Waals surface area contributed by atoms with Gasteiger partial charge in [-0.3, -0.25) is 0 Å². The molecule has 0 bridgehead atoms. The number of hydrogen-bond acceptors (Lipinski definition) is 4. The summed E-state index contributed by atoms with van der Waals surface area (Å²) in [5.74, 6) is 0. The van der Waals surface area contributed by atoms with E-state index in [1.807, 2.05) is 0 Å². The Hall–Kier alpha value is -1.23. The fraction of sp³-hybridized carbons (Fsp3) is 0.438. The number of nitrogens with one attached hydrogen (secondary N) is 1. The molecule has 2 aromatic rings. The minimum absolute atomic E-state index is 0.0544. The molecule has 3 rings (SSSR count). The maximum absolute atomic E-state index is 5.19. The highest BCUT2D eigenvalue weighted by Crippen LogP contribution is 2.38. The van der Waals surface area contributed by atoms with Gasteiger partial charge in [-0.25, -0.2) is 4.98 Å². The van der Waals surface area contributed by atoms with E-state index in [9.17, 15) is 0 Å². The molecule has 1 N–H and O–H groups in total. The molecular formula is C16H20N2OS. The second-order valence-corrected chi connectivity index (χ2v) is 6.28. The SMILES string of the molecule is COCCNC1(c2nc(C)cs2)Cc2ccccc2C1. The molecular weight excluding hydrogens is 268 g/mol. The zero-order valence-electron chi connectivity index (χ0n) is 12.0. The predicted molar refractivity (Wildman–Crippen MR) is 82.3 cm³/mol. The molecule has 1 aromatic carbocycles. The van der Waals surface area contributed by atoms with Crippen molar-refractivity contribution >= 4 is 11.3 Å². The number of nitrogens with zero attached hydrogens (tertiary/aromatic N) is 1. The van der Waals surface area contributed by atoms with Crippen LogP contribution in [-0.2, 0) is 23.1 Å². The van der Waals surface area contributed by atoms with Crippen LogP contribution >= 0.6 is 11.3 Å². The first-order valence-electron chi connectivity index (χ1n) is 6.97. The van der Waals surface area contributed by atoms with Crippen molar-refractivity contribution in [2.45, 2.75) is 25.3 Å². The maximum Gasteiger partial charge on any atom is 0.114 e. The van der Waals surface area contributed by atoms with Gasteiger partial charge in [-0.1, -0.05) is 24.3 Å². The molecule has 0 aliphatic heterocycles. The Labute approximate surface area is 124 Å². The van der Waals surface area contributed by atoms with Crippen LogP contribution in [0.15, 0.2) is 29.6 Å². The average Bonchev–Trinajstić information content (AvgIpc) is 3.03. The third-order valence-electron chi connectivity index (χ3n) is 3.90. The van der Waals surface area contributed by atoms with Gasteiger partial charge in [0.05, 0.1) is 12.1 Å². The van der Waals surface area contributed by atoms with E-state index in [0.29, 0.717) is 0 Å². The van der Waals surface area contributed by atoms with Crippen molar-refractivity contribution in [3.8, 4) is 0 Å². The molecule has 0 unspecified atom stereocenters. The van der Waals surface area contributed by atoms with Gasteiger partial charge in [0.15, 0.2) is 0 Å². The van der Waals surface area contributed by atoms with E-state index in [2.05, 4.69) is 41.9 Å². The number of hydrogen-bond donors (Lipinski definition) is 1. The number of benzene rings is 1. The molecule has 0 spiro atoms. The fourth-order valence-corrected chi connectivity index (χ4v) is 3.91. The summed E-state index contributed by atoms with van der Waals surface area (Å²) in [5.41, 5.74) is 3.92. The standard InChI is InChI=1S/C16H20N2OS/c1-12-11-20-15(18-12)16(17-7-8-19-2)9-13-5-3-4-6-14(13)10-16/h3-6,11,17H,7-10H2,1-2H3. The minimum Gasteiger partial charge on any atom is -0.383 e. The van der Waals surface area contributed by atoms with Gasteiger partial charge in [0.1, 0.15) is 5.01 Å². The Morgan fingerprint density at radius 2 is 2.00 bits per heavy atom. The normalized spacial score (nSPS) is 16.3. The molecule has 0 fully saturated rings. The molecule has 0 saturated heterocycles. The first-order valence-corrected chi connectivity index (χ1v) is 7.85. The second kappa shape index (κ2) is 5.64. The maximum atomic E-state index is 5.19. The number of methoxy groups -OCH3 is 1. The average molecular weight is 288 g/mol. The lowest BCUT2D eigenvalue weighted by atomic mass is 9.96. The van der Waals surface area contributed by atoms with Crippen LogP contribution in [0.3, 0.4) is 0 Å². The molecule has 0 atom stereocenters. The summed E-state index contributed by atoms with van der Waals surface area (Å²) in [5, 5.41) is 7.03. The predicted octanol–water partition coefficient (Wildman–Crippen LogP) is 2.68. The van der Waals surface area contributed by atoms with E-state index in [0.717, 1.165) is 31.7 Å². The third kappa shape index (κ3) is 2.51. The van der Waals surface area contributed by atoms with Crippen molar-refractivity contribution in [1.82, 2.24) is 10.3 Å². The Bertz CT molecular complexity index is 569. The Kier molecular flexibility index (Phi) is 3.87. The quantitative estimate of drug-likeness (QED) is 0.859. The lowest BCUT2D eigenvalue weighted by molar-refractivity contribution is 0.184. The Morgan fingerprint density at radius 1 is 1.30 bits per heavy atom. The van der Waals surface area contributed by atoms with E-state index in [1.54, 1.807) is 18.4 Å². The summed E-state index contributed by atoms with van der Waals surface area (Å²) in [7, 11) is 1.74. The van der Waals surface area contributed by atoms with Crippen molar-refractivity contribution in [1.29, 1.82) is 0 Å². The first-order chi connectivity index (χ1) is 9.73. The van der Waals surface area contributed by atoms with Crippen LogP contribution in [0.4, 0.5) is 0 Å². The zero-order valence-corrected chi connectivity index (χ0v) is 12.8. The van der Waals surface area contributed by atoms with Crippen molar-refractivity contribution in [2.24, 2.45) is 0 Å². The van der Waals surface area contributed by atoms with Crippen LogP contribution in [0.5, 0.6) is 0 Å². The Morgan fingerprint density at radius 3 is 2.55 bits per heavy atom. The third-order valence-corrected chi connectivity index (χ3v) is 5.07. The van der Waals surface area contributed by atoms with E-state index < -0.39 is 0 Å². The van der Waals surface area contributed by atoms with E-state index in [4.69, 9.17) is 9.72 Å². The largest absolute Gasteiger partial charge is 0.383 e. The smallest absolute Gasteiger partial charge is 0.114 e. The van der Waals surface area contributed by atoms with Crippen LogP contribution in [0.2, 0.25) is 0 Å². The number of rotatable bonds is 5. The zero-order chi connectivity index (χ0) is 14.0. The molecule has 1 heterocycles. The molecule has 1 aromatic heterocycles. The van der Waals surface area contributed by atoms with Crippen LogP contribution in [0.25, 0.3) is 0 Å². The highest BCUT2D eigenvalue weighted by atomic mass is 32.1. The molecule has 0 amide bonds. The molecule has 4 heteroatoms. The molecule has 0 radical (unpaired) electrons. The van der Waals surface area contributed by atoms with Gasteiger partial charge in [-0.15, -0.1) is 11.3 Å². The monoisotopic (exact) mass is 288 g/mol. The molecule has 1 aliphatic carbocycles. The van der Waals surface area contributed by atoms with Gasteiger partial charge in [0.2, 0.25) is 0 Å². The van der Waals surface area contributed by atoms with Crippen LogP contribution < -0.4 is 5.32 Å². The van der Waals surface area contributed by atoms with Gasteiger partial charge in [-0.2, -0.15) is 0 Å². The molecule has 1 aliphatic rings. The second-order valence-electron chi connectivity index (χ2n) is 5.42. The summed E-state index contributed by atoms with van der Waals surface area (Å²) < 4.78 is 5.19. The highest BCUT2D eigenvalue weighted by Gasteiger charge is 2.40. The number of ether oxygens (including phenoxy) is 1. The van der Waals surface area contributed by atoms with Gasteiger partial charge in [0.25, 0.3) is 0 Å². The highest BCUT2D eigenvalue weighted by molar-refractivity contribution is 7.09. The number of aryl methyl sites for hydroxylation is 1. The van der Waals surface area contributed by atoms with Gasteiger partial charge < -0.3 is 10.1 Å². The fourth-order valence-electron chi connectivity index (χ4n) is 2.93. The Balaban J connectivity index is 1.90. The van der Waals surface area contributed by atoms with Gasteiger partial charge >= 0.3 is 0 Å². The summed E-state index contributed by atoms with van der Waals surface area (Å²) in [6.07, 6.45) is 2.03. The summed E-state index contributed by atoms with van der Waals surface area (Å²) in [6.45, 7) is 3.64. The van der Waals surface area contributed by atoms with Crippen LogP contribution in [-0.4, -0.2) is 25.2 Å². The first kappa shape index (κ1) is 13.7. The summed E-state index contributed by atoms with van der Waals surface area (Å²) >= 11 is 1.76. The minimum atomic E-state index is -0.0544. The molecule has 106 valence electrons. The van der Waals surface area contributed by atoms with Gasteiger partial charge in [0, 0.05) is 24.7 Å². The lowest BCUT2D eigenvalue weighted by Gasteiger charge is -2.28. The van der Waals surface area contributed by atoms with E-state index >= 15 is 0 Å². The lowest BCUT2D eigenvalue weighted by Crippen LogP contribution is -2.44. The van der Waals surface area contributed by atoms with E-state index in [1.165, 1.54) is 16.1 Å². The molecule has 3 nitrogen and oxygen atoms in total. The summed E-state index contributed by atoms with van der Waals surface area (Å²) in [6, 6.07) is 8.71. The van der Waals surface area contributed by atoms with Crippen molar-refractivity contribution in [2.75, 3.05) is 20.3 Å². The van der Waals surface area contributed by atoms with Crippen molar-refractivity contribution in [3.63, 3.8) is 0 Å². The van der Waals surface area contributed by atoms with Crippen LogP contribution in [0.1, 0.15) is 21.8 Å². The number of thiazole rings is 1.